The highest BCUT2D eigenvalue weighted by atomic mass is 14.6. The molecule has 0 saturated heterocycles. The highest BCUT2D eigenvalue weighted by molar-refractivity contribution is 5.30. The van der Waals surface area contributed by atoms with Crippen LogP contribution in [0.4, 0.5) is 0 Å². The standard InChI is InChI=1S/C8H14N2/c1-5-3-7(9)4-6(2)8(5)10/h3,6H,4,9-10H2,1-2H3. The maximum absolute atomic E-state index is 5.76. The second-order valence-corrected chi connectivity index (χ2v) is 2.96. The first-order chi connectivity index (χ1) is 4.61. The molecule has 0 heterocycles. The van der Waals surface area contributed by atoms with Crippen LogP contribution in [-0.4, -0.2) is 0 Å². The lowest BCUT2D eigenvalue weighted by Gasteiger charge is -2.19. The predicted molar refractivity (Wildman–Crippen MR) is 42.9 cm³/mol. The van der Waals surface area contributed by atoms with Crippen molar-refractivity contribution in [3.63, 3.8) is 0 Å². The van der Waals surface area contributed by atoms with Crippen LogP contribution in [0.15, 0.2) is 23.0 Å². The Kier molecular flexibility index (Phi) is 1.70. The molecule has 0 aromatic heterocycles. The van der Waals surface area contributed by atoms with E-state index in [4.69, 9.17) is 11.5 Å². The van der Waals surface area contributed by atoms with Crippen molar-refractivity contribution in [3.8, 4) is 0 Å². The molecule has 10 heavy (non-hydrogen) atoms. The van der Waals surface area contributed by atoms with Crippen molar-refractivity contribution < 1.29 is 0 Å². The summed E-state index contributed by atoms with van der Waals surface area (Å²) in [6.07, 6.45) is 2.86. The highest BCUT2D eigenvalue weighted by Gasteiger charge is 2.13. The maximum atomic E-state index is 5.76. The molecule has 0 amide bonds. The van der Waals surface area contributed by atoms with Gasteiger partial charge in [-0.05, 0) is 25.0 Å². The first-order valence-corrected chi connectivity index (χ1v) is 3.53. The molecule has 1 aliphatic carbocycles. The van der Waals surface area contributed by atoms with Gasteiger partial charge in [0.2, 0.25) is 0 Å². The maximum Gasteiger partial charge on any atom is 0.0143 e. The third-order valence-electron chi connectivity index (χ3n) is 1.93. The monoisotopic (exact) mass is 138 g/mol. The molecule has 1 unspecified atom stereocenters. The lowest BCUT2D eigenvalue weighted by atomic mass is 9.93. The van der Waals surface area contributed by atoms with Gasteiger partial charge in [-0.3, -0.25) is 0 Å². The van der Waals surface area contributed by atoms with E-state index in [1.165, 1.54) is 0 Å². The minimum absolute atomic E-state index is 0.421. The second-order valence-electron chi connectivity index (χ2n) is 2.96. The van der Waals surface area contributed by atoms with E-state index in [1.807, 2.05) is 13.0 Å². The van der Waals surface area contributed by atoms with Crippen molar-refractivity contribution in [2.75, 3.05) is 0 Å². The van der Waals surface area contributed by atoms with Crippen LogP contribution in [0.5, 0.6) is 0 Å². The normalized spacial score (nSPS) is 26.6. The van der Waals surface area contributed by atoms with Crippen LogP contribution < -0.4 is 11.5 Å². The number of hydrogen-bond acceptors (Lipinski definition) is 2. The summed E-state index contributed by atoms with van der Waals surface area (Å²) < 4.78 is 0. The Hall–Kier alpha value is -0.920. The molecule has 0 fully saturated rings. The van der Waals surface area contributed by atoms with E-state index in [0.29, 0.717) is 5.92 Å². The Morgan fingerprint density at radius 1 is 1.50 bits per heavy atom. The van der Waals surface area contributed by atoms with Crippen molar-refractivity contribution in [3.05, 3.63) is 23.0 Å². The van der Waals surface area contributed by atoms with E-state index in [0.717, 1.165) is 23.4 Å². The van der Waals surface area contributed by atoms with E-state index >= 15 is 0 Å². The molecule has 2 nitrogen and oxygen atoms in total. The van der Waals surface area contributed by atoms with Crippen molar-refractivity contribution in [1.29, 1.82) is 0 Å². The lowest BCUT2D eigenvalue weighted by Crippen LogP contribution is -2.17. The fourth-order valence-electron chi connectivity index (χ4n) is 1.27. The molecule has 0 saturated carbocycles. The minimum Gasteiger partial charge on any atom is -0.402 e. The van der Waals surface area contributed by atoms with Gasteiger partial charge in [0.25, 0.3) is 0 Å². The Bertz CT molecular complexity index is 201. The van der Waals surface area contributed by atoms with Gasteiger partial charge in [-0.2, -0.15) is 0 Å². The summed E-state index contributed by atoms with van der Waals surface area (Å²) >= 11 is 0. The van der Waals surface area contributed by atoms with Crippen molar-refractivity contribution in [1.82, 2.24) is 0 Å². The van der Waals surface area contributed by atoms with Gasteiger partial charge in [-0.15, -0.1) is 0 Å². The molecule has 2 heteroatoms. The Morgan fingerprint density at radius 3 is 2.60 bits per heavy atom. The van der Waals surface area contributed by atoms with E-state index in [1.54, 1.807) is 0 Å². The second kappa shape index (κ2) is 2.37. The SMILES string of the molecule is CC1=C(N)C(C)CC(N)=C1. The Labute approximate surface area is 61.6 Å². The van der Waals surface area contributed by atoms with E-state index in [9.17, 15) is 0 Å². The molecular formula is C8H14N2. The smallest absolute Gasteiger partial charge is 0.0143 e. The zero-order valence-corrected chi connectivity index (χ0v) is 6.52. The number of rotatable bonds is 0. The average molecular weight is 138 g/mol. The fraction of sp³-hybridized carbons (Fsp3) is 0.500. The number of allylic oxidation sites excluding steroid dienone is 4. The van der Waals surface area contributed by atoms with E-state index in [2.05, 4.69) is 6.92 Å². The summed E-state index contributed by atoms with van der Waals surface area (Å²) in [5.74, 6) is 0.421. The molecule has 1 rings (SSSR count). The first kappa shape index (κ1) is 7.19. The van der Waals surface area contributed by atoms with Crippen LogP contribution in [-0.2, 0) is 0 Å². The number of nitrogens with two attached hydrogens (primary N) is 2. The summed E-state index contributed by atoms with van der Waals surface area (Å²) in [5.41, 5.74) is 14.5. The van der Waals surface area contributed by atoms with Crippen LogP contribution in [0.25, 0.3) is 0 Å². The number of hydrogen-bond donors (Lipinski definition) is 2. The van der Waals surface area contributed by atoms with Crippen molar-refractivity contribution in [2.45, 2.75) is 20.3 Å². The molecule has 0 spiro atoms. The molecular weight excluding hydrogens is 124 g/mol. The molecule has 1 atom stereocenters. The van der Waals surface area contributed by atoms with Crippen molar-refractivity contribution in [2.24, 2.45) is 17.4 Å². The van der Waals surface area contributed by atoms with Crippen molar-refractivity contribution >= 4 is 0 Å². The Morgan fingerprint density at radius 2 is 2.10 bits per heavy atom. The third-order valence-corrected chi connectivity index (χ3v) is 1.93. The largest absolute Gasteiger partial charge is 0.402 e. The molecule has 0 aromatic rings. The summed E-state index contributed by atoms with van der Waals surface area (Å²) in [6.45, 7) is 4.09. The van der Waals surface area contributed by atoms with Gasteiger partial charge in [0.15, 0.2) is 0 Å². The zero-order valence-electron chi connectivity index (χ0n) is 6.52. The van der Waals surface area contributed by atoms with Gasteiger partial charge >= 0.3 is 0 Å². The van der Waals surface area contributed by atoms with Gasteiger partial charge in [0.05, 0.1) is 0 Å². The van der Waals surface area contributed by atoms with Crippen LogP contribution in [0.3, 0.4) is 0 Å². The molecule has 0 aromatic carbocycles. The summed E-state index contributed by atoms with van der Waals surface area (Å²) in [7, 11) is 0. The minimum atomic E-state index is 0.421. The first-order valence-electron chi connectivity index (χ1n) is 3.53. The molecule has 0 aliphatic heterocycles. The molecule has 0 radical (unpaired) electrons. The zero-order chi connectivity index (χ0) is 7.72. The molecule has 0 bridgehead atoms. The van der Waals surface area contributed by atoms with Gasteiger partial charge in [0, 0.05) is 17.3 Å². The molecule has 56 valence electrons. The Balaban J connectivity index is 2.92. The van der Waals surface area contributed by atoms with Gasteiger partial charge < -0.3 is 11.5 Å². The predicted octanol–water partition coefficient (Wildman–Crippen LogP) is 1.10. The lowest BCUT2D eigenvalue weighted by molar-refractivity contribution is 0.640. The van der Waals surface area contributed by atoms with E-state index < -0.39 is 0 Å². The van der Waals surface area contributed by atoms with Gasteiger partial charge in [-0.25, -0.2) is 0 Å². The third kappa shape index (κ3) is 1.15. The average Bonchev–Trinajstić information content (AvgIpc) is 1.82. The summed E-state index contributed by atoms with van der Waals surface area (Å²) in [4.78, 5) is 0. The topological polar surface area (TPSA) is 52.0 Å². The van der Waals surface area contributed by atoms with Crippen LogP contribution in [0, 0.1) is 5.92 Å². The summed E-state index contributed by atoms with van der Waals surface area (Å²) in [5, 5.41) is 0. The van der Waals surface area contributed by atoms with Gasteiger partial charge in [-0.1, -0.05) is 6.92 Å². The highest BCUT2D eigenvalue weighted by Crippen LogP contribution is 2.22. The summed E-state index contributed by atoms with van der Waals surface area (Å²) in [6, 6.07) is 0. The fourth-order valence-corrected chi connectivity index (χ4v) is 1.27. The van der Waals surface area contributed by atoms with Crippen LogP contribution in [0.1, 0.15) is 20.3 Å². The van der Waals surface area contributed by atoms with Crippen LogP contribution >= 0.6 is 0 Å². The van der Waals surface area contributed by atoms with Gasteiger partial charge in [0.1, 0.15) is 0 Å². The van der Waals surface area contributed by atoms with Crippen LogP contribution in [0.2, 0.25) is 0 Å². The molecule has 4 N–H and O–H groups in total. The quantitative estimate of drug-likeness (QED) is 0.526. The van der Waals surface area contributed by atoms with E-state index in [-0.39, 0.29) is 0 Å². The molecule has 1 aliphatic rings.